The monoisotopic (exact) mass is 416 g/mol. The zero-order valence-corrected chi connectivity index (χ0v) is 15.3. The lowest BCUT2D eigenvalue weighted by atomic mass is 9.93. The number of ether oxygens (including phenoxy) is 1. The van der Waals surface area contributed by atoms with E-state index in [1.54, 1.807) is 5.32 Å². The summed E-state index contributed by atoms with van der Waals surface area (Å²) in [6, 6.07) is 10.5. The van der Waals surface area contributed by atoms with Crippen LogP contribution in [0, 0.1) is 0 Å². The lowest BCUT2D eigenvalue weighted by Crippen LogP contribution is -2.52. The highest BCUT2D eigenvalue weighted by Gasteiger charge is 2.55. The van der Waals surface area contributed by atoms with Crippen LogP contribution in [-0.2, 0) is 15.2 Å². The van der Waals surface area contributed by atoms with Crippen LogP contribution in [0.25, 0.3) is 0 Å². The van der Waals surface area contributed by atoms with E-state index < -0.39 is 35.7 Å². The third-order valence-electron chi connectivity index (χ3n) is 3.84. The third-order valence-corrected chi connectivity index (χ3v) is 4.08. The number of anilines is 1. The first-order chi connectivity index (χ1) is 13.1. The Kier molecular flexibility index (Phi) is 6.52. The van der Waals surface area contributed by atoms with Crippen LogP contribution in [0.2, 0.25) is 5.02 Å². The molecule has 1 atom stereocenters. The fourth-order valence-electron chi connectivity index (χ4n) is 2.33. The highest BCUT2D eigenvalue weighted by Crippen LogP contribution is 2.38. The van der Waals surface area contributed by atoms with E-state index >= 15 is 0 Å². The summed E-state index contributed by atoms with van der Waals surface area (Å²) in [4.78, 5) is 24.0. The molecule has 2 amide bonds. The number of alkyl halides is 3. The number of carbonyl (C=O) groups is 2. The first kappa shape index (κ1) is 21.5. The van der Waals surface area contributed by atoms with Gasteiger partial charge in [-0.3, -0.25) is 9.59 Å². The maximum Gasteiger partial charge on any atom is 0.423 e. The molecule has 0 saturated heterocycles. The topological polar surface area (TPSA) is 87.7 Å². The Labute approximate surface area is 163 Å². The van der Waals surface area contributed by atoms with Crippen LogP contribution in [0.1, 0.15) is 5.56 Å². The van der Waals surface area contributed by atoms with Crippen LogP contribution in [0.5, 0.6) is 5.75 Å². The first-order valence-corrected chi connectivity index (χ1v) is 8.23. The molecule has 0 heterocycles. The van der Waals surface area contributed by atoms with Crippen LogP contribution in [0.4, 0.5) is 18.9 Å². The Morgan fingerprint density at radius 1 is 1.11 bits per heavy atom. The fraction of sp³-hybridized carbons (Fsp3) is 0.222. The molecule has 0 aliphatic heterocycles. The van der Waals surface area contributed by atoms with Gasteiger partial charge in [0.25, 0.3) is 0 Å². The first-order valence-electron chi connectivity index (χ1n) is 7.86. The van der Waals surface area contributed by atoms with E-state index in [9.17, 15) is 27.9 Å². The molecule has 0 fully saturated rings. The second-order valence-corrected chi connectivity index (χ2v) is 6.14. The Bertz CT molecular complexity index is 862. The number of rotatable bonds is 5. The number of amides is 2. The molecule has 0 bridgehead atoms. The number of nitrogens with one attached hydrogen (secondary N) is 2. The minimum absolute atomic E-state index is 0.0595. The smallest absolute Gasteiger partial charge is 0.423 e. The van der Waals surface area contributed by atoms with Crippen LogP contribution >= 0.6 is 11.6 Å². The number of benzene rings is 2. The third kappa shape index (κ3) is 4.73. The minimum atomic E-state index is -5.09. The Balaban J connectivity index is 2.13. The summed E-state index contributed by atoms with van der Waals surface area (Å²) in [7, 11) is 1.32. The van der Waals surface area contributed by atoms with Crippen molar-refractivity contribution in [2.75, 3.05) is 19.0 Å². The van der Waals surface area contributed by atoms with Crippen LogP contribution in [0.15, 0.2) is 48.5 Å². The molecule has 6 nitrogen and oxygen atoms in total. The molecule has 0 unspecified atom stereocenters. The largest absolute Gasteiger partial charge is 0.495 e. The molecule has 2 aromatic rings. The van der Waals surface area contributed by atoms with Crippen molar-refractivity contribution in [1.29, 1.82) is 0 Å². The van der Waals surface area contributed by atoms with Crippen molar-refractivity contribution in [3.8, 4) is 5.75 Å². The second kappa shape index (κ2) is 8.49. The van der Waals surface area contributed by atoms with Crippen molar-refractivity contribution in [2.24, 2.45) is 0 Å². The van der Waals surface area contributed by atoms with E-state index in [4.69, 9.17) is 16.3 Å². The van der Waals surface area contributed by atoms with E-state index in [-0.39, 0.29) is 16.5 Å². The molecule has 10 heteroatoms. The minimum Gasteiger partial charge on any atom is -0.495 e. The standard InChI is InChI=1S/C18H16ClF3N2O4/c1-28-14-8-7-12(19)9-13(14)24-16(26)15(25)23-10-17(27,18(20,21)22)11-5-3-2-4-6-11/h2-9,27H,10H2,1H3,(H,23,25)(H,24,26)/t17-/m0/s1. The molecule has 2 aromatic carbocycles. The van der Waals surface area contributed by atoms with E-state index in [1.165, 1.54) is 43.5 Å². The molecule has 28 heavy (non-hydrogen) atoms. The fourth-order valence-corrected chi connectivity index (χ4v) is 2.50. The summed E-state index contributed by atoms with van der Waals surface area (Å²) < 4.78 is 45.2. The summed E-state index contributed by atoms with van der Waals surface area (Å²) in [6.07, 6.45) is -5.09. The van der Waals surface area contributed by atoms with Crippen LogP contribution in [-0.4, -0.2) is 36.8 Å². The van der Waals surface area contributed by atoms with E-state index in [1.807, 2.05) is 0 Å². The van der Waals surface area contributed by atoms with Gasteiger partial charge in [0.1, 0.15) is 5.75 Å². The quantitative estimate of drug-likeness (QED) is 0.654. The van der Waals surface area contributed by atoms with Gasteiger partial charge in [0.15, 0.2) is 0 Å². The molecular formula is C18H16ClF3N2O4. The molecule has 2 rings (SSSR count). The number of hydrogen-bond acceptors (Lipinski definition) is 4. The van der Waals surface area contributed by atoms with Crippen LogP contribution < -0.4 is 15.4 Å². The van der Waals surface area contributed by atoms with Crippen LogP contribution in [0.3, 0.4) is 0 Å². The van der Waals surface area contributed by atoms with Gasteiger partial charge in [-0.2, -0.15) is 13.2 Å². The molecule has 150 valence electrons. The zero-order chi connectivity index (χ0) is 20.9. The van der Waals surface area contributed by atoms with Gasteiger partial charge in [-0.05, 0) is 23.8 Å². The van der Waals surface area contributed by atoms with E-state index in [0.717, 1.165) is 12.1 Å². The van der Waals surface area contributed by atoms with Gasteiger partial charge in [-0.15, -0.1) is 0 Å². The van der Waals surface area contributed by atoms with Gasteiger partial charge in [0.05, 0.1) is 19.3 Å². The average molecular weight is 417 g/mol. The summed E-state index contributed by atoms with van der Waals surface area (Å²) in [6.45, 7) is -1.25. The van der Waals surface area contributed by atoms with Crippen molar-refractivity contribution in [3.63, 3.8) is 0 Å². The Morgan fingerprint density at radius 3 is 2.32 bits per heavy atom. The molecule has 0 aromatic heterocycles. The molecule has 3 N–H and O–H groups in total. The molecule has 0 aliphatic carbocycles. The van der Waals surface area contributed by atoms with E-state index in [0.29, 0.717) is 0 Å². The normalized spacial score (nSPS) is 13.4. The lowest BCUT2D eigenvalue weighted by molar-refractivity contribution is -0.264. The SMILES string of the molecule is COc1ccc(Cl)cc1NC(=O)C(=O)NC[C@](O)(c1ccccc1)C(F)(F)F. The highest BCUT2D eigenvalue weighted by atomic mass is 35.5. The van der Waals surface area contributed by atoms with Gasteiger partial charge in [-0.25, -0.2) is 0 Å². The van der Waals surface area contributed by atoms with Crippen molar-refractivity contribution in [1.82, 2.24) is 5.32 Å². The maximum atomic E-state index is 13.4. The van der Waals surface area contributed by atoms with Gasteiger partial charge < -0.3 is 20.5 Å². The van der Waals surface area contributed by atoms with Crippen molar-refractivity contribution >= 4 is 29.1 Å². The highest BCUT2D eigenvalue weighted by molar-refractivity contribution is 6.40. The van der Waals surface area contributed by atoms with Gasteiger partial charge in [-0.1, -0.05) is 41.9 Å². The summed E-state index contributed by atoms with van der Waals surface area (Å²) >= 11 is 5.81. The average Bonchev–Trinajstić information content (AvgIpc) is 2.65. The van der Waals surface area contributed by atoms with Crippen molar-refractivity contribution < 1.29 is 32.6 Å². The molecule has 0 radical (unpaired) electrons. The van der Waals surface area contributed by atoms with Gasteiger partial charge >= 0.3 is 18.0 Å². The van der Waals surface area contributed by atoms with Gasteiger partial charge in [0.2, 0.25) is 5.60 Å². The Hall–Kier alpha value is -2.78. The number of carbonyl (C=O) groups excluding carboxylic acids is 2. The van der Waals surface area contributed by atoms with Crippen molar-refractivity contribution in [2.45, 2.75) is 11.8 Å². The predicted molar refractivity (Wildman–Crippen MR) is 96.0 cm³/mol. The second-order valence-electron chi connectivity index (χ2n) is 5.71. The summed E-state index contributed by atoms with van der Waals surface area (Å²) in [5, 5.41) is 14.4. The number of halogens is 4. The lowest BCUT2D eigenvalue weighted by Gasteiger charge is -2.31. The predicted octanol–water partition coefficient (Wildman–Crippen LogP) is 2.85. The molecule has 0 aliphatic rings. The number of aliphatic hydroxyl groups is 1. The Morgan fingerprint density at radius 2 is 1.75 bits per heavy atom. The van der Waals surface area contributed by atoms with E-state index in [2.05, 4.69) is 5.32 Å². The molecule has 0 spiro atoms. The molecule has 0 saturated carbocycles. The van der Waals surface area contributed by atoms with Gasteiger partial charge in [0, 0.05) is 5.02 Å². The summed E-state index contributed by atoms with van der Waals surface area (Å²) in [5.41, 5.74) is -3.78. The zero-order valence-electron chi connectivity index (χ0n) is 14.5. The number of methoxy groups -OCH3 is 1. The number of hydrogen-bond donors (Lipinski definition) is 3. The van der Waals surface area contributed by atoms with Crippen molar-refractivity contribution in [3.05, 3.63) is 59.1 Å². The summed E-state index contributed by atoms with van der Waals surface area (Å²) in [5.74, 6) is -2.43. The molecular weight excluding hydrogens is 401 g/mol. The maximum absolute atomic E-state index is 13.4.